The molecule has 4 heteroatoms. The summed E-state index contributed by atoms with van der Waals surface area (Å²) >= 11 is 0. The molecule has 2 aliphatic rings. The first-order valence-electron chi connectivity index (χ1n) is 7.95. The number of nitrogens with one attached hydrogen (secondary N) is 1. The predicted octanol–water partition coefficient (Wildman–Crippen LogP) is 3.17. The van der Waals surface area contributed by atoms with Gasteiger partial charge in [0.2, 0.25) is 5.91 Å². The van der Waals surface area contributed by atoms with Crippen molar-refractivity contribution in [2.24, 2.45) is 11.8 Å². The molecule has 0 unspecified atom stereocenters. The predicted molar refractivity (Wildman–Crippen MR) is 84.7 cm³/mol. The van der Waals surface area contributed by atoms with E-state index >= 15 is 0 Å². The number of amides is 1. The van der Waals surface area contributed by atoms with Crippen LogP contribution in [-0.2, 0) is 22.4 Å². The normalized spacial score (nSPS) is 23.6. The van der Waals surface area contributed by atoms with Gasteiger partial charge in [-0.25, -0.2) is 0 Å². The second-order valence-electron chi connectivity index (χ2n) is 6.17. The Morgan fingerprint density at radius 1 is 1.00 bits per heavy atom. The monoisotopic (exact) mass is 299 g/mol. The van der Waals surface area contributed by atoms with Crippen molar-refractivity contribution in [2.75, 3.05) is 5.32 Å². The number of anilines is 1. The summed E-state index contributed by atoms with van der Waals surface area (Å²) in [5.41, 5.74) is 3.46. The third-order valence-corrected chi connectivity index (χ3v) is 4.70. The minimum atomic E-state index is -0.894. The van der Waals surface area contributed by atoms with E-state index in [0.717, 1.165) is 18.5 Å². The van der Waals surface area contributed by atoms with Gasteiger partial charge < -0.3 is 10.4 Å². The minimum absolute atomic E-state index is 0.187. The van der Waals surface area contributed by atoms with Crippen LogP contribution in [0.3, 0.4) is 0 Å². The number of carbonyl (C=O) groups is 2. The van der Waals surface area contributed by atoms with E-state index in [2.05, 4.69) is 11.4 Å². The van der Waals surface area contributed by atoms with Gasteiger partial charge in [-0.1, -0.05) is 18.2 Å². The molecule has 0 saturated carbocycles. The van der Waals surface area contributed by atoms with Crippen molar-refractivity contribution in [2.45, 2.75) is 38.5 Å². The number of benzene rings is 1. The first-order chi connectivity index (χ1) is 10.6. The smallest absolute Gasteiger partial charge is 0.307 e. The second kappa shape index (κ2) is 6.34. The lowest BCUT2D eigenvalue weighted by molar-refractivity contribution is -0.146. The van der Waals surface area contributed by atoms with Gasteiger partial charge >= 0.3 is 5.97 Å². The summed E-state index contributed by atoms with van der Waals surface area (Å²) in [4.78, 5) is 23.7. The van der Waals surface area contributed by atoms with E-state index in [1.807, 2.05) is 24.3 Å². The van der Waals surface area contributed by atoms with E-state index in [0.29, 0.717) is 12.8 Å². The Kier molecular flexibility index (Phi) is 4.27. The van der Waals surface area contributed by atoms with E-state index < -0.39 is 17.8 Å². The number of fused-ring (bicyclic) bond motifs is 1. The molecule has 22 heavy (non-hydrogen) atoms. The van der Waals surface area contributed by atoms with Gasteiger partial charge in [0.15, 0.2) is 0 Å². The molecule has 0 saturated heterocycles. The highest BCUT2D eigenvalue weighted by Gasteiger charge is 2.33. The van der Waals surface area contributed by atoms with Crippen molar-refractivity contribution < 1.29 is 14.7 Å². The topological polar surface area (TPSA) is 66.4 Å². The lowest BCUT2D eigenvalue weighted by atomic mass is 9.82. The van der Waals surface area contributed by atoms with E-state index in [1.165, 1.54) is 24.0 Å². The summed E-state index contributed by atoms with van der Waals surface area (Å²) in [6.07, 6.45) is 9.26. The molecule has 1 amide bonds. The maximum absolute atomic E-state index is 12.4. The zero-order chi connectivity index (χ0) is 15.5. The molecule has 2 atom stereocenters. The molecule has 2 aliphatic carbocycles. The Bertz CT molecular complexity index is 621. The third-order valence-electron chi connectivity index (χ3n) is 4.70. The first kappa shape index (κ1) is 14.8. The Labute approximate surface area is 130 Å². The van der Waals surface area contributed by atoms with Crippen LogP contribution in [0, 0.1) is 11.8 Å². The fraction of sp³-hybridized carbons (Fsp3) is 0.444. The molecular weight excluding hydrogens is 278 g/mol. The molecule has 2 N–H and O–H groups in total. The molecule has 0 aromatic heterocycles. The minimum Gasteiger partial charge on any atom is -0.481 e. The molecule has 0 aliphatic heterocycles. The molecule has 0 bridgehead atoms. The molecule has 0 fully saturated rings. The lowest BCUT2D eigenvalue weighted by Crippen LogP contribution is -2.34. The highest BCUT2D eigenvalue weighted by Crippen LogP contribution is 2.28. The lowest BCUT2D eigenvalue weighted by Gasteiger charge is -2.24. The van der Waals surface area contributed by atoms with Crippen LogP contribution in [0.1, 0.15) is 36.8 Å². The molecule has 0 heterocycles. The van der Waals surface area contributed by atoms with Crippen LogP contribution >= 0.6 is 0 Å². The fourth-order valence-corrected chi connectivity index (χ4v) is 3.42. The average Bonchev–Trinajstić information content (AvgIpc) is 2.54. The van der Waals surface area contributed by atoms with Crippen molar-refractivity contribution in [1.29, 1.82) is 0 Å². The van der Waals surface area contributed by atoms with Crippen molar-refractivity contribution in [3.05, 3.63) is 41.5 Å². The molecule has 4 nitrogen and oxygen atoms in total. The van der Waals surface area contributed by atoms with E-state index in [1.54, 1.807) is 0 Å². The van der Waals surface area contributed by atoms with Crippen molar-refractivity contribution in [3.8, 4) is 0 Å². The maximum atomic E-state index is 12.4. The van der Waals surface area contributed by atoms with Crippen LogP contribution in [0.4, 0.5) is 5.69 Å². The van der Waals surface area contributed by atoms with Crippen LogP contribution in [0.15, 0.2) is 30.4 Å². The number of hydrogen-bond donors (Lipinski definition) is 2. The zero-order valence-electron chi connectivity index (χ0n) is 12.5. The summed E-state index contributed by atoms with van der Waals surface area (Å²) in [5.74, 6) is -2.19. The Hall–Kier alpha value is -2.10. The van der Waals surface area contributed by atoms with Gasteiger partial charge in [0.05, 0.1) is 11.8 Å². The molecule has 3 rings (SSSR count). The van der Waals surface area contributed by atoms with Gasteiger partial charge in [-0.15, -0.1) is 0 Å². The summed E-state index contributed by atoms with van der Waals surface area (Å²) < 4.78 is 0. The quantitative estimate of drug-likeness (QED) is 0.842. The van der Waals surface area contributed by atoms with Gasteiger partial charge in [-0.2, -0.15) is 0 Å². The first-order valence-corrected chi connectivity index (χ1v) is 7.95. The van der Waals surface area contributed by atoms with Gasteiger partial charge in [0, 0.05) is 5.69 Å². The van der Waals surface area contributed by atoms with Crippen molar-refractivity contribution in [3.63, 3.8) is 0 Å². The van der Waals surface area contributed by atoms with Gasteiger partial charge in [-0.3, -0.25) is 9.59 Å². The summed E-state index contributed by atoms with van der Waals surface area (Å²) in [6.45, 7) is 0. The highest BCUT2D eigenvalue weighted by molar-refractivity contribution is 5.95. The summed E-state index contributed by atoms with van der Waals surface area (Å²) in [7, 11) is 0. The molecule has 1 aromatic carbocycles. The molecule has 0 spiro atoms. The summed E-state index contributed by atoms with van der Waals surface area (Å²) in [5, 5.41) is 12.2. The van der Waals surface area contributed by atoms with E-state index in [9.17, 15) is 14.7 Å². The van der Waals surface area contributed by atoms with Gasteiger partial charge in [0.1, 0.15) is 0 Å². The van der Waals surface area contributed by atoms with Gasteiger partial charge in [-0.05, 0) is 61.8 Å². The standard InChI is InChI=1S/C18H21NO3/c20-17(15-7-3-4-8-16(15)18(21)22)19-14-10-9-12-5-1-2-6-13(12)11-14/h3-4,9-11,15-16H,1-2,5-8H2,(H,19,20)(H,21,22)/t15-,16-/m0/s1. The number of carbonyl (C=O) groups excluding carboxylic acids is 1. The highest BCUT2D eigenvalue weighted by atomic mass is 16.4. The average molecular weight is 299 g/mol. The second-order valence-corrected chi connectivity index (χ2v) is 6.17. The number of hydrogen-bond acceptors (Lipinski definition) is 2. The van der Waals surface area contributed by atoms with E-state index in [-0.39, 0.29) is 5.91 Å². The van der Waals surface area contributed by atoms with Crippen molar-refractivity contribution >= 4 is 17.6 Å². The van der Waals surface area contributed by atoms with Crippen LogP contribution in [0.5, 0.6) is 0 Å². The Balaban J connectivity index is 1.73. The van der Waals surface area contributed by atoms with Crippen LogP contribution < -0.4 is 5.32 Å². The molecule has 116 valence electrons. The maximum Gasteiger partial charge on any atom is 0.307 e. The molecular formula is C18H21NO3. The van der Waals surface area contributed by atoms with Crippen LogP contribution in [0.25, 0.3) is 0 Å². The molecule has 1 aromatic rings. The van der Waals surface area contributed by atoms with Crippen LogP contribution in [-0.4, -0.2) is 17.0 Å². The number of rotatable bonds is 3. The number of carboxylic acids is 1. The third kappa shape index (κ3) is 3.06. The number of aryl methyl sites for hydroxylation is 2. The Morgan fingerprint density at radius 2 is 1.68 bits per heavy atom. The van der Waals surface area contributed by atoms with Crippen molar-refractivity contribution in [1.82, 2.24) is 0 Å². The van der Waals surface area contributed by atoms with Gasteiger partial charge in [0.25, 0.3) is 0 Å². The largest absolute Gasteiger partial charge is 0.481 e. The number of carboxylic acid groups (broad SMARTS) is 1. The van der Waals surface area contributed by atoms with Crippen LogP contribution in [0.2, 0.25) is 0 Å². The summed E-state index contributed by atoms with van der Waals surface area (Å²) in [6, 6.07) is 6.05. The van der Waals surface area contributed by atoms with E-state index in [4.69, 9.17) is 0 Å². The zero-order valence-corrected chi connectivity index (χ0v) is 12.5. The fourth-order valence-electron chi connectivity index (χ4n) is 3.42. The molecule has 0 radical (unpaired) electrons. The number of allylic oxidation sites excluding steroid dienone is 2. The Morgan fingerprint density at radius 3 is 2.41 bits per heavy atom. The SMILES string of the molecule is O=C(O)[C@H]1CC=CC[C@@H]1C(=O)Nc1ccc2c(c1)CCCC2. The number of aliphatic carboxylic acids is 1.